The summed E-state index contributed by atoms with van der Waals surface area (Å²) in [7, 11) is 0. The second-order valence-electron chi connectivity index (χ2n) is 9.24. The Bertz CT molecular complexity index is 1280. The molecular formula is C27H30N4O7. The van der Waals surface area contributed by atoms with E-state index in [2.05, 4.69) is 10.6 Å². The Morgan fingerprint density at radius 1 is 1.08 bits per heavy atom. The fourth-order valence-electron chi connectivity index (χ4n) is 4.32. The minimum absolute atomic E-state index is 0.0564. The van der Waals surface area contributed by atoms with Gasteiger partial charge in [0.2, 0.25) is 11.8 Å². The van der Waals surface area contributed by atoms with E-state index in [-0.39, 0.29) is 41.7 Å². The van der Waals surface area contributed by atoms with E-state index in [1.807, 2.05) is 0 Å². The van der Waals surface area contributed by atoms with Gasteiger partial charge in [0.05, 0.1) is 24.0 Å². The third kappa shape index (κ3) is 6.23. The van der Waals surface area contributed by atoms with E-state index >= 15 is 0 Å². The van der Waals surface area contributed by atoms with Crippen LogP contribution < -0.4 is 20.4 Å². The maximum Gasteiger partial charge on any atom is 0.252 e. The number of fused-ring (bicyclic) bond motifs is 1. The average molecular weight is 523 g/mol. The maximum atomic E-state index is 13.7. The van der Waals surface area contributed by atoms with Gasteiger partial charge in [0.15, 0.2) is 0 Å². The molecule has 3 rings (SSSR count). The van der Waals surface area contributed by atoms with Gasteiger partial charge in [-0.15, -0.1) is 0 Å². The summed E-state index contributed by atoms with van der Waals surface area (Å²) >= 11 is 0. The molecule has 38 heavy (non-hydrogen) atoms. The number of benzene rings is 2. The molecule has 0 spiro atoms. The summed E-state index contributed by atoms with van der Waals surface area (Å²) in [6.07, 6.45) is 0.252. The molecule has 0 aromatic heterocycles. The number of hydrogen-bond donors (Lipinski definition) is 3. The second kappa shape index (κ2) is 11.7. The monoisotopic (exact) mass is 522 g/mol. The first kappa shape index (κ1) is 28.0. The number of nitrogens with zero attached hydrogens (tertiary/aromatic N) is 2. The third-order valence-corrected chi connectivity index (χ3v) is 6.15. The molecule has 0 saturated heterocycles. The number of nitrogens with one attached hydrogen (secondary N) is 2. The molecule has 4 amide bonds. The Hall–Kier alpha value is -4.54. The van der Waals surface area contributed by atoms with Crippen LogP contribution in [0.25, 0.3) is 0 Å². The van der Waals surface area contributed by atoms with Crippen molar-refractivity contribution in [1.29, 1.82) is 0 Å². The summed E-state index contributed by atoms with van der Waals surface area (Å²) in [5, 5.41) is 15.1. The van der Waals surface area contributed by atoms with Gasteiger partial charge in [0.25, 0.3) is 11.8 Å². The molecule has 1 aliphatic rings. The number of carbonyl (C=O) groups excluding carboxylic acids is 6. The summed E-state index contributed by atoms with van der Waals surface area (Å²) in [6.45, 7) is 5.19. The highest BCUT2D eigenvalue weighted by Gasteiger charge is 2.37. The lowest BCUT2D eigenvalue weighted by molar-refractivity contribution is -0.127. The van der Waals surface area contributed by atoms with Crippen molar-refractivity contribution in [2.75, 3.05) is 22.9 Å². The summed E-state index contributed by atoms with van der Waals surface area (Å²) in [5.74, 6) is -2.56. The number of Topliss-reactive ketones (excluding diaryl/α,β-unsaturated/α-hetero) is 1. The topological polar surface area (TPSA) is 153 Å². The number of aromatic hydroxyl groups is 1. The zero-order valence-electron chi connectivity index (χ0n) is 21.6. The molecule has 1 heterocycles. The van der Waals surface area contributed by atoms with E-state index in [1.54, 1.807) is 38.1 Å². The van der Waals surface area contributed by atoms with Gasteiger partial charge in [-0.3, -0.25) is 28.9 Å². The van der Waals surface area contributed by atoms with Crippen molar-refractivity contribution in [3.05, 3.63) is 53.1 Å². The number of phenols is 1. The van der Waals surface area contributed by atoms with Crippen LogP contribution in [0, 0.1) is 13.8 Å². The molecule has 0 aliphatic carbocycles. The van der Waals surface area contributed by atoms with Gasteiger partial charge in [-0.25, -0.2) is 0 Å². The van der Waals surface area contributed by atoms with Gasteiger partial charge in [0, 0.05) is 18.9 Å². The number of aryl methyl sites for hydroxylation is 2. The Balaban J connectivity index is 1.96. The minimum atomic E-state index is -1.22. The van der Waals surface area contributed by atoms with Gasteiger partial charge in [-0.05, 0) is 56.2 Å². The lowest BCUT2D eigenvalue weighted by Gasteiger charge is -2.25. The number of hydrogen-bond acceptors (Lipinski definition) is 7. The zero-order chi connectivity index (χ0) is 28.1. The van der Waals surface area contributed by atoms with E-state index < -0.39 is 36.3 Å². The molecule has 0 radical (unpaired) electrons. The Labute approximate surface area is 219 Å². The summed E-state index contributed by atoms with van der Waals surface area (Å²) < 4.78 is 0. The predicted octanol–water partition coefficient (Wildman–Crippen LogP) is 1.17. The highest BCUT2D eigenvalue weighted by Crippen LogP contribution is 2.33. The molecule has 2 atom stereocenters. The van der Waals surface area contributed by atoms with Crippen molar-refractivity contribution in [3.8, 4) is 5.75 Å². The fraction of sp³-hybridized carbons (Fsp3) is 0.333. The molecule has 3 N–H and O–H groups in total. The first-order valence-corrected chi connectivity index (χ1v) is 12.0. The van der Waals surface area contributed by atoms with Crippen LogP contribution >= 0.6 is 0 Å². The van der Waals surface area contributed by atoms with Crippen LogP contribution in [0.4, 0.5) is 11.4 Å². The predicted molar refractivity (Wildman–Crippen MR) is 139 cm³/mol. The summed E-state index contributed by atoms with van der Waals surface area (Å²) in [4.78, 5) is 77.5. The SMILES string of the molecule is CC(=O)C[C@@H](C=O)NC(=O)CN1C(=O)C(NC(=O)c2cc(C)c(O)c(C)c2)CN(C(C)=O)c2ccccc21. The van der Waals surface area contributed by atoms with Crippen molar-refractivity contribution in [3.63, 3.8) is 0 Å². The first-order chi connectivity index (χ1) is 17.9. The van der Waals surface area contributed by atoms with Gasteiger partial charge in [-0.2, -0.15) is 0 Å². The van der Waals surface area contributed by atoms with Crippen LogP contribution in [0.3, 0.4) is 0 Å². The first-order valence-electron chi connectivity index (χ1n) is 12.0. The van der Waals surface area contributed by atoms with E-state index in [9.17, 15) is 33.9 Å². The van der Waals surface area contributed by atoms with E-state index in [4.69, 9.17) is 0 Å². The number of aldehydes is 1. The molecule has 0 saturated carbocycles. The number of para-hydroxylation sites is 2. The Morgan fingerprint density at radius 2 is 1.68 bits per heavy atom. The molecule has 1 unspecified atom stereocenters. The van der Waals surface area contributed by atoms with E-state index in [1.165, 1.54) is 30.9 Å². The van der Waals surface area contributed by atoms with Crippen molar-refractivity contribution in [2.45, 2.75) is 46.2 Å². The van der Waals surface area contributed by atoms with Gasteiger partial charge in [-0.1, -0.05) is 12.1 Å². The zero-order valence-corrected chi connectivity index (χ0v) is 21.6. The third-order valence-electron chi connectivity index (χ3n) is 6.15. The molecular weight excluding hydrogens is 492 g/mol. The van der Waals surface area contributed by atoms with Gasteiger partial charge in [0.1, 0.15) is 30.4 Å². The van der Waals surface area contributed by atoms with Crippen LogP contribution in [0.5, 0.6) is 5.75 Å². The lowest BCUT2D eigenvalue weighted by atomic mass is 10.0. The largest absolute Gasteiger partial charge is 0.507 e. The lowest BCUT2D eigenvalue weighted by Crippen LogP contribution is -2.54. The van der Waals surface area contributed by atoms with Crippen molar-refractivity contribution >= 4 is 47.1 Å². The number of rotatable bonds is 8. The molecule has 2 aromatic rings. The molecule has 1 aliphatic heterocycles. The average Bonchev–Trinajstić information content (AvgIpc) is 2.96. The van der Waals surface area contributed by atoms with Crippen molar-refractivity contribution in [1.82, 2.24) is 10.6 Å². The smallest absolute Gasteiger partial charge is 0.252 e. The normalized spacial score (nSPS) is 15.7. The van der Waals surface area contributed by atoms with E-state index in [0.717, 1.165) is 4.90 Å². The van der Waals surface area contributed by atoms with Crippen LogP contribution in [0.2, 0.25) is 0 Å². The van der Waals surface area contributed by atoms with Crippen LogP contribution in [-0.2, 0) is 24.0 Å². The minimum Gasteiger partial charge on any atom is -0.507 e. The molecule has 11 heteroatoms. The number of phenolic OH excluding ortho intramolecular Hbond substituents is 1. The maximum absolute atomic E-state index is 13.7. The molecule has 0 bridgehead atoms. The van der Waals surface area contributed by atoms with Crippen molar-refractivity contribution < 1.29 is 33.9 Å². The summed E-state index contributed by atoms with van der Waals surface area (Å²) in [5.41, 5.74) is 1.81. The van der Waals surface area contributed by atoms with Gasteiger partial charge >= 0.3 is 0 Å². The quantitative estimate of drug-likeness (QED) is 0.440. The molecule has 11 nitrogen and oxygen atoms in total. The van der Waals surface area contributed by atoms with E-state index in [0.29, 0.717) is 23.1 Å². The number of amides is 4. The van der Waals surface area contributed by atoms with Gasteiger partial charge < -0.3 is 25.4 Å². The highest BCUT2D eigenvalue weighted by atomic mass is 16.3. The molecule has 0 fully saturated rings. The Morgan fingerprint density at radius 3 is 2.24 bits per heavy atom. The van der Waals surface area contributed by atoms with Crippen LogP contribution in [-0.4, -0.2) is 66.0 Å². The second-order valence-corrected chi connectivity index (χ2v) is 9.24. The number of anilines is 2. The highest BCUT2D eigenvalue weighted by molar-refractivity contribution is 6.10. The molecule has 200 valence electrons. The van der Waals surface area contributed by atoms with Crippen molar-refractivity contribution in [2.24, 2.45) is 0 Å². The molecule has 2 aromatic carbocycles. The van der Waals surface area contributed by atoms with Crippen LogP contribution in [0.1, 0.15) is 41.8 Å². The number of carbonyl (C=O) groups is 6. The van der Waals surface area contributed by atoms with Crippen LogP contribution in [0.15, 0.2) is 36.4 Å². The summed E-state index contributed by atoms with van der Waals surface area (Å²) in [6, 6.07) is 7.19. The fourth-order valence-corrected chi connectivity index (χ4v) is 4.32. The Kier molecular flexibility index (Phi) is 8.61. The number of ketones is 1. The standard InChI is InChI=1S/C27H30N4O7/c1-15-9-19(10-16(2)25(15)36)26(37)29-21-12-30(18(4)34)22-7-5-6-8-23(22)31(27(21)38)13-24(35)28-20(14-32)11-17(3)33/h5-10,14,20-21,36H,11-13H2,1-4H3,(H,28,35)(H,29,37)/t20-,21?/m0/s1.